The minimum atomic E-state index is -0.352. The molecule has 16 heavy (non-hydrogen) atoms. The van der Waals surface area contributed by atoms with Crippen LogP contribution in [-0.4, -0.2) is 41.4 Å². The fourth-order valence-electron chi connectivity index (χ4n) is 1.38. The Morgan fingerprint density at radius 2 is 2.19 bits per heavy atom. The summed E-state index contributed by atoms with van der Waals surface area (Å²) < 4.78 is 7.22. The summed E-state index contributed by atoms with van der Waals surface area (Å²) in [6.45, 7) is 2.82. The summed E-state index contributed by atoms with van der Waals surface area (Å²) >= 11 is 3.39. The second kappa shape index (κ2) is 5.45. The highest BCUT2D eigenvalue weighted by Gasteiger charge is 2.21. The number of hydrogen-bond acceptors (Lipinski definition) is 4. The van der Waals surface area contributed by atoms with Crippen molar-refractivity contribution in [2.45, 2.75) is 13.5 Å². The highest BCUT2D eigenvalue weighted by molar-refractivity contribution is 9.10. The smallest absolute Gasteiger partial charge is 0.357 e. The topological polar surface area (TPSA) is 47.4 Å². The van der Waals surface area contributed by atoms with Gasteiger partial charge in [-0.1, -0.05) is 0 Å². The number of aryl methyl sites for hydroxylation is 1. The maximum atomic E-state index is 11.7. The molecule has 0 aliphatic heterocycles. The third-order valence-electron chi connectivity index (χ3n) is 1.99. The molecule has 0 amide bonds. The number of aromatic nitrogens is 2. The summed E-state index contributed by atoms with van der Waals surface area (Å²) in [6.07, 6.45) is 0. The molecule has 0 aliphatic carbocycles. The van der Waals surface area contributed by atoms with Crippen LogP contribution in [0.4, 0.5) is 0 Å². The second-order valence-electron chi connectivity index (χ2n) is 3.69. The first-order valence-electron chi connectivity index (χ1n) is 5.00. The van der Waals surface area contributed by atoms with Crippen LogP contribution < -0.4 is 0 Å². The van der Waals surface area contributed by atoms with Gasteiger partial charge in [0.2, 0.25) is 0 Å². The van der Waals surface area contributed by atoms with E-state index in [2.05, 4.69) is 21.0 Å². The third kappa shape index (κ3) is 2.82. The van der Waals surface area contributed by atoms with Crippen molar-refractivity contribution in [3.63, 3.8) is 0 Å². The molecule has 0 saturated heterocycles. The van der Waals surface area contributed by atoms with Gasteiger partial charge in [0.15, 0.2) is 5.69 Å². The molecule has 0 aliphatic rings. The lowest BCUT2D eigenvalue weighted by Gasteiger charge is -2.06. The number of carbonyl (C=O) groups excluding carboxylic acids is 1. The quantitative estimate of drug-likeness (QED) is 0.787. The molecule has 0 saturated carbocycles. The molecule has 0 fully saturated rings. The summed E-state index contributed by atoms with van der Waals surface area (Å²) in [5, 5.41) is 4.28. The van der Waals surface area contributed by atoms with E-state index in [0.29, 0.717) is 23.3 Å². The van der Waals surface area contributed by atoms with Gasteiger partial charge in [-0.2, -0.15) is 5.10 Å². The molecule has 5 nitrogen and oxygen atoms in total. The highest BCUT2D eigenvalue weighted by atomic mass is 79.9. The summed E-state index contributed by atoms with van der Waals surface area (Å²) in [5.41, 5.74) is 1.29. The number of halogens is 1. The number of rotatable bonds is 4. The molecule has 0 bridgehead atoms. The molecule has 1 aromatic heterocycles. The van der Waals surface area contributed by atoms with Gasteiger partial charge in [-0.3, -0.25) is 4.68 Å². The normalized spacial score (nSPS) is 10.9. The van der Waals surface area contributed by atoms with Crippen molar-refractivity contribution in [2.75, 3.05) is 20.7 Å². The van der Waals surface area contributed by atoms with Gasteiger partial charge in [0.25, 0.3) is 0 Å². The zero-order valence-electron chi connectivity index (χ0n) is 9.95. The Hall–Kier alpha value is -0.880. The molecule has 0 radical (unpaired) electrons. The van der Waals surface area contributed by atoms with E-state index in [1.807, 2.05) is 19.0 Å². The zero-order valence-corrected chi connectivity index (χ0v) is 11.5. The Morgan fingerprint density at radius 1 is 1.56 bits per heavy atom. The average Bonchev–Trinajstić information content (AvgIpc) is 2.41. The van der Waals surface area contributed by atoms with Crippen LogP contribution in [0.3, 0.4) is 0 Å². The molecule has 1 heterocycles. The van der Waals surface area contributed by atoms with Crippen LogP contribution in [0.25, 0.3) is 0 Å². The zero-order chi connectivity index (χ0) is 12.3. The number of esters is 1. The Kier molecular flexibility index (Phi) is 4.49. The van der Waals surface area contributed by atoms with Gasteiger partial charge < -0.3 is 9.64 Å². The molecule has 6 heteroatoms. The lowest BCUT2D eigenvalue weighted by Crippen LogP contribution is -2.11. The highest BCUT2D eigenvalue weighted by Crippen LogP contribution is 2.22. The average molecular weight is 290 g/mol. The van der Waals surface area contributed by atoms with Gasteiger partial charge in [-0.25, -0.2) is 4.79 Å². The first-order chi connectivity index (χ1) is 7.47. The van der Waals surface area contributed by atoms with Crippen LogP contribution in [0.5, 0.6) is 0 Å². The Bertz CT molecular complexity index is 388. The minimum absolute atomic E-state index is 0.352. The van der Waals surface area contributed by atoms with Crippen molar-refractivity contribution in [1.82, 2.24) is 14.7 Å². The molecule has 1 aromatic rings. The van der Waals surface area contributed by atoms with Crippen molar-refractivity contribution in [3.8, 4) is 0 Å². The van der Waals surface area contributed by atoms with Crippen molar-refractivity contribution in [3.05, 3.63) is 15.9 Å². The van der Waals surface area contributed by atoms with Crippen LogP contribution in [0.15, 0.2) is 4.47 Å². The van der Waals surface area contributed by atoms with Crippen molar-refractivity contribution >= 4 is 21.9 Å². The number of hydrogen-bond donors (Lipinski definition) is 0. The van der Waals surface area contributed by atoms with E-state index in [4.69, 9.17) is 4.74 Å². The minimum Gasteiger partial charge on any atom is -0.461 e. The van der Waals surface area contributed by atoms with Gasteiger partial charge in [-0.15, -0.1) is 0 Å². The summed E-state index contributed by atoms with van der Waals surface area (Å²) in [5.74, 6) is -0.352. The molecule has 0 atom stereocenters. The largest absolute Gasteiger partial charge is 0.461 e. The second-order valence-corrected chi connectivity index (χ2v) is 4.48. The molecular weight excluding hydrogens is 274 g/mol. The fraction of sp³-hybridized carbons (Fsp3) is 0.600. The van der Waals surface area contributed by atoms with Gasteiger partial charge in [0.1, 0.15) is 0 Å². The standard InChI is InChI=1S/C10H16BrN3O2/c1-5-16-10(15)9-8(11)7(6-13(2)3)12-14(9)4/h5-6H2,1-4H3. The van der Waals surface area contributed by atoms with Crippen molar-refractivity contribution in [1.29, 1.82) is 0 Å². The van der Waals surface area contributed by atoms with Crippen LogP contribution >= 0.6 is 15.9 Å². The molecule has 90 valence electrons. The molecule has 0 spiro atoms. The summed E-state index contributed by atoms with van der Waals surface area (Å²) in [4.78, 5) is 13.6. The maximum absolute atomic E-state index is 11.7. The molecule has 1 rings (SSSR count). The first-order valence-corrected chi connectivity index (χ1v) is 5.79. The van der Waals surface area contributed by atoms with Gasteiger partial charge in [0.05, 0.1) is 16.8 Å². The van der Waals surface area contributed by atoms with Gasteiger partial charge >= 0.3 is 5.97 Å². The van der Waals surface area contributed by atoms with E-state index in [1.165, 1.54) is 0 Å². The Balaban J connectivity index is 3.02. The predicted molar refractivity (Wildman–Crippen MR) is 64.3 cm³/mol. The van der Waals surface area contributed by atoms with Gasteiger partial charge in [0, 0.05) is 13.6 Å². The van der Waals surface area contributed by atoms with E-state index >= 15 is 0 Å². The molecule has 0 unspecified atom stereocenters. The third-order valence-corrected chi connectivity index (χ3v) is 2.82. The van der Waals surface area contributed by atoms with Crippen LogP contribution in [0.2, 0.25) is 0 Å². The van der Waals surface area contributed by atoms with E-state index in [1.54, 1.807) is 18.7 Å². The predicted octanol–water partition coefficient (Wildman–Crippen LogP) is 1.42. The summed E-state index contributed by atoms with van der Waals surface area (Å²) in [7, 11) is 5.63. The SMILES string of the molecule is CCOC(=O)c1c(Br)c(CN(C)C)nn1C. The molecule has 0 N–H and O–H groups in total. The van der Waals surface area contributed by atoms with Crippen LogP contribution in [-0.2, 0) is 18.3 Å². The van der Waals surface area contributed by atoms with Crippen molar-refractivity contribution < 1.29 is 9.53 Å². The fourth-order valence-corrected chi connectivity index (χ4v) is 2.00. The van der Waals surface area contributed by atoms with E-state index < -0.39 is 0 Å². The van der Waals surface area contributed by atoms with Crippen LogP contribution in [0.1, 0.15) is 23.1 Å². The van der Waals surface area contributed by atoms with Gasteiger partial charge in [-0.05, 0) is 36.9 Å². The van der Waals surface area contributed by atoms with Crippen LogP contribution in [0, 0.1) is 0 Å². The maximum Gasteiger partial charge on any atom is 0.357 e. The number of nitrogens with zero attached hydrogens (tertiary/aromatic N) is 3. The van der Waals surface area contributed by atoms with E-state index in [9.17, 15) is 4.79 Å². The first kappa shape index (κ1) is 13.2. The lowest BCUT2D eigenvalue weighted by atomic mass is 10.3. The van der Waals surface area contributed by atoms with Crippen molar-refractivity contribution in [2.24, 2.45) is 7.05 Å². The summed E-state index contributed by atoms with van der Waals surface area (Å²) in [6, 6.07) is 0. The van der Waals surface area contributed by atoms with E-state index in [0.717, 1.165) is 5.69 Å². The molecule has 0 aromatic carbocycles. The Labute approximate surface area is 103 Å². The lowest BCUT2D eigenvalue weighted by molar-refractivity contribution is 0.0512. The monoisotopic (exact) mass is 289 g/mol. The number of ether oxygens (including phenoxy) is 1. The van der Waals surface area contributed by atoms with E-state index in [-0.39, 0.29) is 5.97 Å². The Morgan fingerprint density at radius 3 is 2.69 bits per heavy atom. The number of carbonyl (C=O) groups is 1. The molecular formula is C10H16BrN3O2.